The molecule has 1 aromatic carbocycles. The zero-order valence-corrected chi connectivity index (χ0v) is 14.9. The summed E-state index contributed by atoms with van der Waals surface area (Å²) in [6.07, 6.45) is 0.812. The van der Waals surface area contributed by atoms with Crippen LogP contribution in [-0.2, 0) is 20.0 Å². The molecule has 1 fully saturated rings. The van der Waals surface area contributed by atoms with Crippen molar-refractivity contribution < 1.29 is 13.2 Å². The van der Waals surface area contributed by atoms with Gasteiger partial charge in [-0.05, 0) is 36.1 Å². The Labute approximate surface area is 138 Å². The van der Waals surface area contributed by atoms with Crippen molar-refractivity contribution in [2.75, 3.05) is 25.4 Å². The lowest BCUT2D eigenvalue weighted by Crippen LogP contribution is -2.35. The van der Waals surface area contributed by atoms with E-state index >= 15 is 0 Å². The highest BCUT2D eigenvalue weighted by Gasteiger charge is 2.23. The van der Waals surface area contributed by atoms with Crippen LogP contribution in [0.3, 0.4) is 0 Å². The Hall–Kier alpha value is -1.40. The predicted molar refractivity (Wildman–Crippen MR) is 91.2 cm³/mol. The molecule has 2 N–H and O–H groups in total. The first kappa shape index (κ1) is 17.9. The minimum atomic E-state index is -3.37. The van der Waals surface area contributed by atoms with Crippen LogP contribution in [-0.4, -0.2) is 39.7 Å². The molecule has 1 aromatic rings. The molecule has 0 radical (unpaired) electrons. The molecule has 0 bridgehead atoms. The Bertz CT molecular complexity index is 639. The first-order valence-electron chi connectivity index (χ1n) is 8.02. The van der Waals surface area contributed by atoms with Gasteiger partial charge in [0, 0.05) is 13.1 Å². The highest BCUT2D eigenvalue weighted by Crippen LogP contribution is 2.23. The van der Waals surface area contributed by atoms with Crippen LogP contribution in [0.15, 0.2) is 29.2 Å². The number of carbonyl (C=O) groups excluding carboxylic acids is 1. The molecule has 1 aliphatic rings. The van der Waals surface area contributed by atoms with Crippen molar-refractivity contribution in [3.63, 3.8) is 0 Å². The molecular formula is C17H26N2O3S. The monoisotopic (exact) mass is 338 g/mol. The van der Waals surface area contributed by atoms with E-state index in [2.05, 4.69) is 31.4 Å². The summed E-state index contributed by atoms with van der Waals surface area (Å²) < 4.78 is 24.7. The lowest BCUT2D eigenvalue weighted by Gasteiger charge is -2.19. The zero-order chi connectivity index (χ0) is 17.1. The number of hydrogen-bond acceptors (Lipinski definition) is 4. The Morgan fingerprint density at radius 2 is 1.91 bits per heavy atom. The highest BCUT2D eigenvalue weighted by molar-refractivity contribution is 7.91. The third-order valence-electron chi connectivity index (χ3n) is 4.18. The van der Waals surface area contributed by atoms with Crippen LogP contribution in [0.4, 0.5) is 0 Å². The Balaban J connectivity index is 1.92. The molecule has 128 valence electrons. The molecule has 1 amide bonds. The smallest absolute Gasteiger partial charge is 0.224 e. The van der Waals surface area contributed by atoms with Gasteiger partial charge in [0.1, 0.15) is 0 Å². The molecule has 6 heteroatoms. The number of rotatable bonds is 5. The molecule has 0 spiro atoms. The lowest BCUT2D eigenvalue weighted by molar-refractivity contribution is -0.124. The molecular weight excluding hydrogens is 312 g/mol. The highest BCUT2D eigenvalue weighted by atomic mass is 32.2. The Morgan fingerprint density at radius 1 is 1.26 bits per heavy atom. The minimum absolute atomic E-state index is 0.00835. The van der Waals surface area contributed by atoms with Gasteiger partial charge in [0.05, 0.1) is 16.6 Å². The van der Waals surface area contributed by atoms with Crippen LogP contribution in [0, 0.1) is 5.92 Å². The average molecular weight is 338 g/mol. The maximum Gasteiger partial charge on any atom is 0.224 e. The quantitative estimate of drug-likeness (QED) is 0.853. The zero-order valence-electron chi connectivity index (χ0n) is 14.1. The number of nitrogens with one attached hydrogen (secondary N) is 2. The average Bonchev–Trinajstić information content (AvgIpc) is 3.00. The summed E-state index contributed by atoms with van der Waals surface area (Å²) in [6, 6.07) is 7.02. The molecule has 1 atom stereocenters. The number of sulfone groups is 1. The van der Waals surface area contributed by atoms with E-state index in [0.29, 0.717) is 11.4 Å². The van der Waals surface area contributed by atoms with E-state index in [0.717, 1.165) is 18.5 Å². The van der Waals surface area contributed by atoms with E-state index in [4.69, 9.17) is 0 Å². The van der Waals surface area contributed by atoms with Gasteiger partial charge in [0.25, 0.3) is 0 Å². The SMILES string of the molecule is CC(C)(C)c1ccc(S(=O)(=O)CCNC(=O)C2CCNC2)cc1. The summed E-state index contributed by atoms with van der Waals surface area (Å²) in [4.78, 5) is 12.2. The van der Waals surface area contributed by atoms with Gasteiger partial charge in [-0.15, -0.1) is 0 Å². The van der Waals surface area contributed by atoms with Crippen LogP contribution in [0.25, 0.3) is 0 Å². The summed E-state index contributed by atoms with van der Waals surface area (Å²) >= 11 is 0. The molecule has 1 unspecified atom stereocenters. The fraction of sp³-hybridized carbons (Fsp3) is 0.588. The first-order valence-corrected chi connectivity index (χ1v) is 9.67. The summed E-state index contributed by atoms with van der Waals surface area (Å²) in [6.45, 7) is 7.93. The van der Waals surface area contributed by atoms with E-state index < -0.39 is 9.84 Å². The van der Waals surface area contributed by atoms with Crippen molar-refractivity contribution >= 4 is 15.7 Å². The summed E-state index contributed by atoms with van der Waals surface area (Å²) in [5.41, 5.74) is 1.09. The molecule has 0 saturated carbocycles. The number of benzene rings is 1. The van der Waals surface area contributed by atoms with E-state index in [1.165, 1.54) is 0 Å². The van der Waals surface area contributed by atoms with E-state index in [1.807, 2.05) is 12.1 Å². The van der Waals surface area contributed by atoms with E-state index in [-0.39, 0.29) is 29.5 Å². The van der Waals surface area contributed by atoms with Crippen LogP contribution >= 0.6 is 0 Å². The van der Waals surface area contributed by atoms with Gasteiger partial charge in [0.2, 0.25) is 5.91 Å². The van der Waals surface area contributed by atoms with Gasteiger partial charge in [-0.2, -0.15) is 0 Å². The van der Waals surface area contributed by atoms with E-state index in [9.17, 15) is 13.2 Å². The third-order valence-corrected chi connectivity index (χ3v) is 5.91. The third kappa shape index (κ3) is 4.78. The fourth-order valence-electron chi connectivity index (χ4n) is 2.61. The van der Waals surface area contributed by atoms with Crippen molar-refractivity contribution in [1.29, 1.82) is 0 Å². The normalized spacial score (nSPS) is 18.8. The van der Waals surface area contributed by atoms with Gasteiger partial charge in [-0.1, -0.05) is 32.9 Å². The van der Waals surface area contributed by atoms with Crippen LogP contribution in [0.1, 0.15) is 32.8 Å². The minimum Gasteiger partial charge on any atom is -0.355 e. The second kappa shape index (κ2) is 7.01. The van der Waals surface area contributed by atoms with Crippen LogP contribution in [0.2, 0.25) is 0 Å². The second-order valence-corrected chi connectivity index (χ2v) is 9.18. The molecule has 0 aliphatic carbocycles. The molecule has 1 aliphatic heterocycles. The maximum absolute atomic E-state index is 12.3. The summed E-state index contributed by atoms with van der Waals surface area (Å²) in [5, 5.41) is 5.85. The molecule has 1 heterocycles. The van der Waals surface area contributed by atoms with Gasteiger partial charge in [-0.3, -0.25) is 4.79 Å². The van der Waals surface area contributed by atoms with Gasteiger partial charge in [0.15, 0.2) is 9.84 Å². The van der Waals surface area contributed by atoms with Gasteiger partial charge in [-0.25, -0.2) is 8.42 Å². The fourth-order valence-corrected chi connectivity index (χ4v) is 3.77. The Kier molecular flexibility index (Phi) is 5.47. The second-order valence-electron chi connectivity index (χ2n) is 7.07. The molecule has 2 rings (SSSR count). The van der Waals surface area contributed by atoms with Crippen molar-refractivity contribution in [1.82, 2.24) is 10.6 Å². The van der Waals surface area contributed by atoms with Gasteiger partial charge < -0.3 is 10.6 Å². The standard InChI is InChI=1S/C17H26N2O3S/c1-17(2,3)14-4-6-15(7-5-14)23(21,22)11-10-19-16(20)13-8-9-18-12-13/h4-7,13,18H,8-12H2,1-3H3,(H,19,20). The summed E-state index contributed by atoms with van der Waals surface area (Å²) in [5.74, 6) is -0.176. The molecule has 5 nitrogen and oxygen atoms in total. The van der Waals surface area contributed by atoms with Crippen molar-refractivity contribution in [3.8, 4) is 0 Å². The topological polar surface area (TPSA) is 75.3 Å². The van der Waals surface area contributed by atoms with Crippen LogP contribution in [0.5, 0.6) is 0 Å². The number of amides is 1. The largest absolute Gasteiger partial charge is 0.355 e. The van der Waals surface area contributed by atoms with Crippen LogP contribution < -0.4 is 10.6 Å². The van der Waals surface area contributed by atoms with Gasteiger partial charge >= 0.3 is 0 Å². The Morgan fingerprint density at radius 3 is 2.43 bits per heavy atom. The van der Waals surface area contributed by atoms with Crippen molar-refractivity contribution in [2.45, 2.75) is 37.5 Å². The number of hydrogen-bond donors (Lipinski definition) is 2. The summed E-state index contributed by atoms with van der Waals surface area (Å²) in [7, 11) is -3.37. The molecule has 23 heavy (non-hydrogen) atoms. The molecule has 0 aromatic heterocycles. The molecule has 1 saturated heterocycles. The lowest BCUT2D eigenvalue weighted by atomic mass is 9.87. The van der Waals surface area contributed by atoms with Crippen molar-refractivity contribution in [3.05, 3.63) is 29.8 Å². The first-order chi connectivity index (χ1) is 10.7. The maximum atomic E-state index is 12.3. The van der Waals surface area contributed by atoms with E-state index in [1.54, 1.807) is 12.1 Å². The van der Waals surface area contributed by atoms with Crippen molar-refractivity contribution in [2.24, 2.45) is 5.92 Å². The number of carbonyl (C=O) groups is 1. The predicted octanol–water partition coefficient (Wildman–Crippen LogP) is 1.48.